The zero-order chi connectivity index (χ0) is 15.2. The van der Waals surface area contributed by atoms with Gasteiger partial charge in [0.05, 0.1) is 0 Å². The first-order valence-electron chi connectivity index (χ1n) is 7.41. The minimum absolute atomic E-state index is 0.153. The fourth-order valence-electron chi connectivity index (χ4n) is 1.84. The third-order valence-electron chi connectivity index (χ3n) is 3.02. The van der Waals surface area contributed by atoms with Crippen LogP contribution in [0.25, 0.3) is 0 Å². The molecule has 0 aliphatic heterocycles. The average Bonchev–Trinajstić information content (AvgIpc) is 2.79. The van der Waals surface area contributed by atoms with Crippen LogP contribution in [0.1, 0.15) is 39.0 Å². The van der Waals surface area contributed by atoms with Gasteiger partial charge in [-0.25, -0.2) is 4.98 Å². The first-order valence-corrected chi connectivity index (χ1v) is 8.23. The van der Waals surface area contributed by atoms with Crippen LogP contribution in [0.4, 0.5) is 5.13 Å². The van der Waals surface area contributed by atoms with Crippen molar-refractivity contribution in [2.45, 2.75) is 46.2 Å². The fourth-order valence-corrected chi connectivity index (χ4v) is 2.78. The summed E-state index contributed by atoms with van der Waals surface area (Å²) in [6.07, 6.45) is 3.18. The van der Waals surface area contributed by atoms with Crippen molar-refractivity contribution in [3.63, 3.8) is 0 Å². The number of rotatable bonds is 8. The van der Waals surface area contributed by atoms with Crippen molar-refractivity contribution in [2.75, 3.05) is 38.6 Å². The van der Waals surface area contributed by atoms with E-state index in [4.69, 9.17) is 0 Å². The normalized spacial score (nSPS) is 12.2. The maximum atomic E-state index is 4.58. The van der Waals surface area contributed by atoms with Gasteiger partial charge in [-0.3, -0.25) is 0 Å². The molecule has 1 heterocycles. The summed E-state index contributed by atoms with van der Waals surface area (Å²) in [5.41, 5.74) is 0.153. The molecule has 1 aromatic heterocycles. The summed E-state index contributed by atoms with van der Waals surface area (Å²) in [4.78, 5) is 10.5. The van der Waals surface area contributed by atoms with Crippen LogP contribution >= 0.6 is 11.3 Å². The van der Waals surface area contributed by atoms with Gasteiger partial charge in [0.25, 0.3) is 0 Å². The molecular weight excluding hydrogens is 268 g/mol. The second kappa shape index (κ2) is 7.96. The van der Waals surface area contributed by atoms with Gasteiger partial charge in [0.15, 0.2) is 5.13 Å². The van der Waals surface area contributed by atoms with E-state index in [-0.39, 0.29) is 5.54 Å². The highest BCUT2D eigenvalue weighted by Crippen LogP contribution is 2.23. The van der Waals surface area contributed by atoms with Gasteiger partial charge in [-0.05, 0) is 54.8 Å². The highest BCUT2D eigenvalue weighted by molar-refractivity contribution is 7.15. The Labute approximate surface area is 128 Å². The Kier molecular flexibility index (Phi) is 6.92. The standard InChI is InChI=1S/C15H30N4S/c1-7-19(10-8-9-18(5)6)14-16-11-13(20-14)12-17-15(2,3)4/h11,17H,7-10,12H2,1-6H3. The van der Waals surface area contributed by atoms with Gasteiger partial charge in [0.2, 0.25) is 0 Å². The van der Waals surface area contributed by atoms with E-state index in [0.29, 0.717) is 0 Å². The predicted molar refractivity (Wildman–Crippen MR) is 89.8 cm³/mol. The number of nitrogens with zero attached hydrogens (tertiary/aromatic N) is 3. The lowest BCUT2D eigenvalue weighted by molar-refractivity contribution is 0.400. The second-order valence-electron chi connectivity index (χ2n) is 6.45. The molecule has 0 bridgehead atoms. The van der Waals surface area contributed by atoms with Gasteiger partial charge in [-0.2, -0.15) is 0 Å². The molecule has 20 heavy (non-hydrogen) atoms. The minimum atomic E-state index is 0.153. The van der Waals surface area contributed by atoms with Crippen molar-refractivity contribution < 1.29 is 0 Å². The third-order valence-corrected chi connectivity index (χ3v) is 4.08. The lowest BCUT2D eigenvalue weighted by atomic mass is 10.1. The number of hydrogen-bond donors (Lipinski definition) is 1. The number of nitrogens with one attached hydrogen (secondary N) is 1. The molecule has 0 saturated heterocycles. The SMILES string of the molecule is CCN(CCCN(C)C)c1ncc(CNC(C)(C)C)s1. The van der Waals surface area contributed by atoms with Crippen LogP contribution in [0.3, 0.4) is 0 Å². The van der Waals surface area contributed by atoms with Crippen LogP contribution < -0.4 is 10.2 Å². The van der Waals surface area contributed by atoms with Crippen molar-refractivity contribution in [1.82, 2.24) is 15.2 Å². The summed E-state index contributed by atoms with van der Waals surface area (Å²) in [5, 5.41) is 4.66. The van der Waals surface area contributed by atoms with Crippen molar-refractivity contribution in [2.24, 2.45) is 0 Å². The fraction of sp³-hybridized carbons (Fsp3) is 0.800. The number of thiazole rings is 1. The summed E-state index contributed by atoms with van der Waals surface area (Å²) in [5.74, 6) is 0. The third kappa shape index (κ3) is 6.68. The molecule has 0 aliphatic carbocycles. The van der Waals surface area contributed by atoms with Gasteiger partial charge in [0, 0.05) is 36.2 Å². The molecule has 1 rings (SSSR count). The summed E-state index contributed by atoms with van der Waals surface area (Å²) < 4.78 is 0. The first-order chi connectivity index (χ1) is 9.31. The van der Waals surface area contributed by atoms with Gasteiger partial charge in [-0.1, -0.05) is 0 Å². The predicted octanol–water partition coefficient (Wildman–Crippen LogP) is 2.81. The number of hydrogen-bond acceptors (Lipinski definition) is 5. The molecule has 0 fully saturated rings. The Morgan fingerprint density at radius 2 is 1.95 bits per heavy atom. The Balaban J connectivity index is 2.50. The molecule has 0 amide bonds. The second-order valence-corrected chi connectivity index (χ2v) is 7.54. The number of aromatic nitrogens is 1. The lowest BCUT2D eigenvalue weighted by Crippen LogP contribution is -2.34. The van der Waals surface area contributed by atoms with Crippen molar-refractivity contribution >= 4 is 16.5 Å². The van der Waals surface area contributed by atoms with Crippen LogP contribution in [0.5, 0.6) is 0 Å². The maximum Gasteiger partial charge on any atom is 0.185 e. The molecule has 1 aromatic rings. The molecule has 5 heteroatoms. The molecule has 0 unspecified atom stereocenters. The van der Waals surface area contributed by atoms with Crippen molar-refractivity contribution in [3.8, 4) is 0 Å². The minimum Gasteiger partial charge on any atom is -0.348 e. The molecule has 0 spiro atoms. The highest BCUT2D eigenvalue weighted by atomic mass is 32.1. The molecule has 116 valence electrons. The van der Waals surface area contributed by atoms with Gasteiger partial charge < -0.3 is 15.1 Å². The molecule has 0 radical (unpaired) electrons. The quantitative estimate of drug-likeness (QED) is 0.800. The Bertz CT molecular complexity index is 381. The van der Waals surface area contributed by atoms with Gasteiger partial charge in [-0.15, -0.1) is 11.3 Å². The van der Waals surface area contributed by atoms with Crippen LogP contribution in [-0.2, 0) is 6.54 Å². The van der Waals surface area contributed by atoms with Gasteiger partial charge in [0.1, 0.15) is 0 Å². The van der Waals surface area contributed by atoms with Crippen molar-refractivity contribution in [3.05, 3.63) is 11.1 Å². The van der Waals surface area contributed by atoms with Crippen LogP contribution in [0.2, 0.25) is 0 Å². The first kappa shape index (κ1) is 17.4. The van der Waals surface area contributed by atoms with Crippen LogP contribution in [0, 0.1) is 0 Å². The van der Waals surface area contributed by atoms with E-state index in [1.165, 1.54) is 11.3 Å². The Morgan fingerprint density at radius 3 is 2.50 bits per heavy atom. The summed E-state index contributed by atoms with van der Waals surface area (Å²) in [7, 11) is 4.24. The topological polar surface area (TPSA) is 31.4 Å². The maximum absolute atomic E-state index is 4.58. The van der Waals surface area contributed by atoms with E-state index >= 15 is 0 Å². The van der Waals surface area contributed by atoms with Crippen LogP contribution in [-0.4, -0.2) is 49.2 Å². The van der Waals surface area contributed by atoms with E-state index in [9.17, 15) is 0 Å². The van der Waals surface area contributed by atoms with E-state index in [1.807, 2.05) is 6.20 Å². The van der Waals surface area contributed by atoms with Crippen molar-refractivity contribution in [1.29, 1.82) is 0 Å². The molecule has 0 aromatic carbocycles. The Hall–Kier alpha value is -0.650. The van der Waals surface area contributed by atoms with E-state index in [0.717, 1.165) is 31.3 Å². The van der Waals surface area contributed by atoms with E-state index in [1.54, 1.807) is 11.3 Å². The molecular formula is C15H30N4S. The lowest BCUT2D eigenvalue weighted by Gasteiger charge is -2.21. The Morgan fingerprint density at radius 1 is 1.25 bits per heavy atom. The smallest absolute Gasteiger partial charge is 0.185 e. The molecule has 4 nitrogen and oxygen atoms in total. The molecule has 0 aliphatic rings. The van der Waals surface area contributed by atoms with Gasteiger partial charge >= 0.3 is 0 Å². The van der Waals surface area contributed by atoms with Crippen LogP contribution in [0.15, 0.2) is 6.20 Å². The average molecular weight is 298 g/mol. The summed E-state index contributed by atoms with van der Waals surface area (Å²) >= 11 is 1.80. The largest absolute Gasteiger partial charge is 0.348 e. The summed E-state index contributed by atoms with van der Waals surface area (Å²) in [6.45, 7) is 12.9. The summed E-state index contributed by atoms with van der Waals surface area (Å²) in [6, 6.07) is 0. The molecule has 0 saturated carbocycles. The highest BCUT2D eigenvalue weighted by Gasteiger charge is 2.12. The zero-order valence-electron chi connectivity index (χ0n) is 13.9. The molecule has 1 N–H and O–H groups in total. The number of anilines is 1. The monoisotopic (exact) mass is 298 g/mol. The molecule has 0 atom stereocenters. The van der Waals surface area contributed by atoms with E-state index in [2.05, 4.69) is 61.9 Å². The zero-order valence-corrected chi connectivity index (χ0v) is 14.7. The van der Waals surface area contributed by atoms with E-state index < -0.39 is 0 Å².